The molecule has 2 aliphatic heterocycles. The predicted molar refractivity (Wildman–Crippen MR) is 94.9 cm³/mol. The molecule has 1 fully saturated rings. The zero-order valence-corrected chi connectivity index (χ0v) is 15.0. The Labute approximate surface area is 148 Å². The van der Waals surface area contributed by atoms with Gasteiger partial charge in [-0.1, -0.05) is 29.4 Å². The van der Waals surface area contributed by atoms with Gasteiger partial charge >= 0.3 is 0 Å². The van der Waals surface area contributed by atoms with Crippen molar-refractivity contribution >= 4 is 5.91 Å². The number of piperidine rings is 1. The molecule has 0 radical (unpaired) electrons. The van der Waals surface area contributed by atoms with Crippen LogP contribution in [0.3, 0.4) is 0 Å². The number of hydrogen-bond donors (Lipinski definition) is 1. The summed E-state index contributed by atoms with van der Waals surface area (Å²) in [7, 11) is 0. The number of aryl methyl sites for hydroxylation is 2. The van der Waals surface area contributed by atoms with Gasteiger partial charge < -0.3 is 9.84 Å². The van der Waals surface area contributed by atoms with Crippen LogP contribution in [0, 0.1) is 19.3 Å². The molecule has 3 heterocycles. The molecule has 1 aromatic carbocycles. The summed E-state index contributed by atoms with van der Waals surface area (Å²) in [6.07, 6.45) is 2.65. The van der Waals surface area contributed by atoms with E-state index in [9.17, 15) is 4.79 Å². The van der Waals surface area contributed by atoms with Crippen LogP contribution in [0.25, 0.3) is 0 Å². The van der Waals surface area contributed by atoms with Crippen molar-refractivity contribution in [3.63, 3.8) is 0 Å². The van der Waals surface area contributed by atoms with E-state index < -0.39 is 0 Å². The Bertz CT molecular complexity index is 768. The van der Waals surface area contributed by atoms with Gasteiger partial charge in [0.1, 0.15) is 5.76 Å². The maximum absolute atomic E-state index is 12.8. The van der Waals surface area contributed by atoms with E-state index in [0.29, 0.717) is 6.54 Å². The highest BCUT2D eigenvalue weighted by Crippen LogP contribution is 2.38. The van der Waals surface area contributed by atoms with Crippen LogP contribution < -0.4 is 5.32 Å². The third-order valence-corrected chi connectivity index (χ3v) is 5.94. The predicted octanol–water partition coefficient (Wildman–Crippen LogP) is 2.75. The first-order chi connectivity index (χ1) is 12.1. The Morgan fingerprint density at radius 2 is 1.92 bits per heavy atom. The van der Waals surface area contributed by atoms with Crippen LogP contribution in [0.15, 0.2) is 28.8 Å². The molecular weight excluding hydrogens is 314 g/mol. The van der Waals surface area contributed by atoms with Crippen LogP contribution in [0.4, 0.5) is 0 Å². The maximum atomic E-state index is 12.8. The van der Waals surface area contributed by atoms with Gasteiger partial charge in [-0.3, -0.25) is 9.69 Å². The number of carbonyl (C=O) groups excluding carboxylic acids is 1. The Kier molecular flexibility index (Phi) is 4.12. The van der Waals surface area contributed by atoms with Gasteiger partial charge in [0.05, 0.1) is 11.1 Å². The third kappa shape index (κ3) is 2.97. The summed E-state index contributed by atoms with van der Waals surface area (Å²) in [5.41, 5.74) is 4.47. The molecule has 0 atom stereocenters. The van der Waals surface area contributed by atoms with Crippen molar-refractivity contribution in [2.24, 2.45) is 5.41 Å². The van der Waals surface area contributed by atoms with E-state index in [-0.39, 0.29) is 11.3 Å². The van der Waals surface area contributed by atoms with Gasteiger partial charge in [0.15, 0.2) is 0 Å². The molecule has 132 valence electrons. The molecule has 0 unspecified atom stereocenters. The van der Waals surface area contributed by atoms with Crippen LogP contribution in [0.2, 0.25) is 0 Å². The molecular formula is C20H25N3O2. The van der Waals surface area contributed by atoms with Crippen molar-refractivity contribution in [2.45, 2.75) is 46.2 Å². The molecule has 5 heteroatoms. The number of benzene rings is 1. The highest BCUT2D eigenvalue weighted by molar-refractivity contribution is 5.83. The summed E-state index contributed by atoms with van der Waals surface area (Å²) in [5.74, 6) is 1.12. The third-order valence-electron chi connectivity index (χ3n) is 5.94. The van der Waals surface area contributed by atoms with E-state index in [4.69, 9.17) is 4.52 Å². The van der Waals surface area contributed by atoms with E-state index in [2.05, 4.69) is 39.6 Å². The van der Waals surface area contributed by atoms with E-state index in [0.717, 1.165) is 50.4 Å². The van der Waals surface area contributed by atoms with Gasteiger partial charge in [-0.25, -0.2) is 0 Å². The maximum Gasteiger partial charge on any atom is 0.226 e. The van der Waals surface area contributed by atoms with Crippen LogP contribution in [0.1, 0.15) is 41.0 Å². The number of fused-ring (bicyclic) bond motifs is 1. The summed E-state index contributed by atoms with van der Waals surface area (Å²) < 4.78 is 5.28. The summed E-state index contributed by atoms with van der Waals surface area (Å²) in [5, 5.41) is 7.21. The quantitative estimate of drug-likeness (QED) is 0.914. The van der Waals surface area contributed by atoms with Gasteiger partial charge in [0.2, 0.25) is 5.91 Å². The van der Waals surface area contributed by atoms with Crippen LogP contribution >= 0.6 is 0 Å². The Morgan fingerprint density at radius 3 is 2.60 bits per heavy atom. The molecule has 2 aliphatic rings. The molecule has 1 aromatic heterocycles. The Balaban J connectivity index is 1.49. The van der Waals surface area contributed by atoms with Gasteiger partial charge in [0, 0.05) is 18.7 Å². The van der Waals surface area contributed by atoms with Gasteiger partial charge in [-0.05, 0) is 57.3 Å². The highest BCUT2D eigenvalue weighted by Gasteiger charge is 2.43. The molecule has 25 heavy (non-hydrogen) atoms. The molecule has 1 spiro atoms. The minimum absolute atomic E-state index is 0.223. The van der Waals surface area contributed by atoms with E-state index in [1.807, 2.05) is 13.8 Å². The lowest BCUT2D eigenvalue weighted by atomic mass is 9.73. The molecule has 1 saturated heterocycles. The molecule has 1 amide bonds. The molecule has 2 aromatic rings. The van der Waals surface area contributed by atoms with Gasteiger partial charge in [-0.15, -0.1) is 0 Å². The monoisotopic (exact) mass is 339 g/mol. The molecule has 4 rings (SSSR count). The average Bonchev–Trinajstić information content (AvgIpc) is 2.86. The van der Waals surface area contributed by atoms with E-state index in [1.54, 1.807) is 0 Å². The second-order valence-corrected chi connectivity index (χ2v) is 7.49. The lowest BCUT2D eigenvalue weighted by Crippen LogP contribution is -2.48. The number of amides is 1. The first kappa shape index (κ1) is 16.3. The fourth-order valence-corrected chi connectivity index (χ4v) is 4.20. The fraction of sp³-hybridized carbons (Fsp3) is 0.500. The normalized spacial score (nSPS) is 20.2. The lowest BCUT2D eigenvalue weighted by Gasteiger charge is -2.40. The van der Waals surface area contributed by atoms with Crippen molar-refractivity contribution < 1.29 is 9.32 Å². The van der Waals surface area contributed by atoms with Crippen molar-refractivity contribution in [1.29, 1.82) is 0 Å². The minimum Gasteiger partial charge on any atom is -0.361 e. The number of likely N-dealkylation sites (tertiary alicyclic amines) is 1. The van der Waals surface area contributed by atoms with Crippen molar-refractivity contribution in [3.8, 4) is 0 Å². The second-order valence-electron chi connectivity index (χ2n) is 7.49. The lowest BCUT2D eigenvalue weighted by molar-refractivity contribution is -0.133. The molecule has 0 saturated carbocycles. The highest BCUT2D eigenvalue weighted by atomic mass is 16.5. The van der Waals surface area contributed by atoms with Crippen LogP contribution in [-0.4, -0.2) is 29.1 Å². The standard InChI is InChI=1S/C20H25N3O2/c1-14-18(15(2)25-22-14)13-23-9-7-20(8-10-23)11-16-5-3-4-6-17(16)12-21-19(20)24/h3-6H,7-13H2,1-2H3,(H,21,24). The smallest absolute Gasteiger partial charge is 0.226 e. The van der Waals surface area contributed by atoms with Crippen molar-refractivity contribution in [2.75, 3.05) is 13.1 Å². The summed E-state index contributed by atoms with van der Waals surface area (Å²) in [6.45, 7) is 7.33. The van der Waals surface area contributed by atoms with Gasteiger partial charge in [0.25, 0.3) is 0 Å². The summed E-state index contributed by atoms with van der Waals surface area (Å²) in [4.78, 5) is 15.3. The minimum atomic E-state index is -0.262. The van der Waals surface area contributed by atoms with Crippen molar-refractivity contribution in [1.82, 2.24) is 15.4 Å². The Hall–Kier alpha value is -2.14. The molecule has 1 N–H and O–H groups in total. The molecule has 5 nitrogen and oxygen atoms in total. The first-order valence-electron chi connectivity index (χ1n) is 9.07. The van der Waals surface area contributed by atoms with Crippen LogP contribution in [0.5, 0.6) is 0 Å². The SMILES string of the molecule is Cc1noc(C)c1CN1CCC2(CC1)Cc1ccccc1CNC2=O. The fourth-order valence-electron chi connectivity index (χ4n) is 4.20. The second kappa shape index (κ2) is 6.30. The number of nitrogens with zero attached hydrogens (tertiary/aromatic N) is 2. The van der Waals surface area contributed by atoms with Crippen molar-refractivity contribution in [3.05, 3.63) is 52.4 Å². The zero-order valence-electron chi connectivity index (χ0n) is 15.0. The first-order valence-corrected chi connectivity index (χ1v) is 9.07. The average molecular weight is 339 g/mol. The largest absolute Gasteiger partial charge is 0.361 e. The number of hydrogen-bond acceptors (Lipinski definition) is 4. The number of carbonyl (C=O) groups is 1. The molecule has 0 bridgehead atoms. The zero-order chi connectivity index (χ0) is 17.4. The van der Waals surface area contributed by atoms with Crippen LogP contribution in [-0.2, 0) is 24.3 Å². The topological polar surface area (TPSA) is 58.4 Å². The number of nitrogens with one attached hydrogen (secondary N) is 1. The number of rotatable bonds is 2. The van der Waals surface area contributed by atoms with Gasteiger partial charge in [-0.2, -0.15) is 0 Å². The molecule has 0 aliphatic carbocycles. The summed E-state index contributed by atoms with van der Waals surface area (Å²) >= 11 is 0. The van der Waals surface area contributed by atoms with E-state index in [1.165, 1.54) is 16.7 Å². The summed E-state index contributed by atoms with van der Waals surface area (Å²) in [6, 6.07) is 8.43. The number of aromatic nitrogens is 1. The van der Waals surface area contributed by atoms with E-state index >= 15 is 0 Å². The Morgan fingerprint density at radius 1 is 1.20 bits per heavy atom.